The molecular formula is C19H15Br2N3O4. The zero-order valence-electron chi connectivity index (χ0n) is 14.9. The summed E-state index contributed by atoms with van der Waals surface area (Å²) in [4.78, 5) is 28.3. The summed E-state index contributed by atoms with van der Waals surface area (Å²) < 4.78 is 8.20. The Balaban J connectivity index is 2.06. The number of hydrogen-bond donors (Lipinski definition) is 1. The van der Waals surface area contributed by atoms with Crippen LogP contribution >= 0.6 is 31.9 Å². The third kappa shape index (κ3) is 4.31. The van der Waals surface area contributed by atoms with E-state index < -0.39 is 12.1 Å². The monoisotopic (exact) mass is 507 g/mol. The van der Waals surface area contributed by atoms with Crippen LogP contribution in [0.1, 0.15) is 18.3 Å². The van der Waals surface area contributed by atoms with Gasteiger partial charge < -0.3 is 9.84 Å². The first kappa shape index (κ1) is 20.2. The van der Waals surface area contributed by atoms with Gasteiger partial charge in [-0.05, 0) is 50.2 Å². The van der Waals surface area contributed by atoms with Crippen LogP contribution in [0.5, 0.6) is 5.75 Å². The summed E-state index contributed by atoms with van der Waals surface area (Å²) in [6, 6.07) is 10.4. The Kier molecular flexibility index (Phi) is 5.95. The van der Waals surface area contributed by atoms with Crippen LogP contribution in [0.15, 0.2) is 55.2 Å². The number of aliphatic carboxylic acids is 1. The van der Waals surface area contributed by atoms with Crippen molar-refractivity contribution in [3.8, 4) is 5.75 Å². The Hall–Kier alpha value is -2.52. The second-order valence-corrected chi connectivity index (χ2v) is 7.79. The molecule has 0 saturated carbocycles. The molecule has 1 N–H and O–H groups in total. The van der Waals surface area contributed by atoms with Crippen LogP contribution < -0.4 is 10.3 Å². The van der Waals surface area contributed by atoms with Gasteiger partial charge in [-0.2, -0.15) is 9.78 Å². The van der Waals surface area contributed by atoms with Gasteiger partial charge in [0.05, 0.1) is 17.1 Å². The molecule has 144 valence electrons. The van der Waals surface area contributed by atoms with E-state index >= 15 is 0 Å². The van der Waals surface area contributed by atoms with Crippen molar-refractivity contribution in [1.82, 2.24) is 9.66 Å². The summed E-state index contributed by atoms with van der Waals surface area (Å²) >= 11 is 6.72. The van der Waals surface area contributed by atoms with Crippen LogP contribution in [-0.2, 0) is 4.79 Å². The normalized spacial score (nSPS) is 12.4. The van der Waals surface area contributed by atoms with Gasteiger partial charge in [-0.15, -0.1) is 0 Å². The highest BCUT2D eigenvalue weighted by Gasteiger charge is 2.15. The quantitative estimate of drug-likeness (QED) is 0.526. The summed E-state index contributed by atoms with van der Waals surface area (Å²) in [6.45, 7) is 3.12. The van der Waals surface area contributed by atoms with E-state index in [0.717, 1.165) is 8.95 Å². The molecule has 0 radical (unpaired) electrons. The van der Waals surface area contributed by atoms with E-state index in [1.807, 2.05) is 6.07 Å². The summed E-state index contributed by atoms with van der Waals surface area (Å²) in [6.07, 6.45) is 0.409. The third-order valence-corrected chi connectivity index (χ3v) is 4.89. The van der Waals surface area contributed by atoms with Crippen molar-refractivity contribution in [3.63, 3.8) is 0 Å². The van der Waals surface area contributed by atoms with Crippen molar-refractivity contribution in [2.75, 3.05) is 0 Å². The molecular weight excluding hydrogens is 494 g/mol. The van der Waals surface area contributed by atoms with Crippen molar-refractivity contribution >= 4 is 54.9 Å². The van der Waals surface area contributed by atoms with Gasteiger partial charge in [0.15, 0.2) is 6.10 Å². The molecule has 1 atom stereocenters. The number of aryl methyl sites for hydroxylation is 1. The molecule has 9 heteroatoms. The van der Waals surface area contributed by atoms with Crippen LogP contribution in [0.4, 0.5) is 0 Å². The van der Waals surface area contributed by atoms with Gasteiger partial charge in [-0.3, -0.25) is 4.79 Å². The lowest BCUT2D eigenvalue weighted by Gasteiger charge is -2.13. The van der Waals surface area contributed by atoms with Gasteiger partial charge in [0.25, 0.3) is 5.56 Å². The molecule has 1 aromatic heterocycles. The Morgan fingerprint density at radius 1 is 1.25 bits per heavy atom. The highest BCUT2D eigenvalue weighted by Crippen LogP contribution is 2.23. The number of hydrogen-bond acceptors (Lipinski definition) is 5. The number of benzene rings is 2. The van der Waals surface area contributed by atoms with Gasteiger partial charge in [0.2, 0.25) is 0 Å². The van der Waals surface area contributed by atoms with Crippen LogP contribution in [0, 0.1) is 6.92 Å². The smallest absolute Gasteiger partial charge is 0.344 e. The fourth-order valence-corrected chi connectivity index (χ4v) is 3.22. The molecule has 3 rings (SSSR count). The molecule has 0 saturated heterocycles. The van der Waals surface area contributed by atoms with E-state index in [2.05, 4.69) is 41.9 Å². The standard InChI is InChI=1S/C19H15Br2N3O4/c1-10(19(26)27)28-17-6-4-13(20)7-12(17)9-22-24-11(2)23-16-5-3-14(21)8-15(16)18(24)25/h3-10H,1-2H3,(H,26,27)/t10-/m0/s1. The molecule has 0 aliphatic heterocycles. The van der Waals surface area contributed by atoms with Gasteiger partial charge in [0.1, 0.15) is 11.6 Å². The lowest BCUT2D eigenvalue weighted by molar-refractivity contribution is -0.144. The fourth-order valence-electron chi connectivity index (χ4n) is 2.48. The first-order valence-electron chi connectivity index (χ1n) is 8.18. The van der Waals surface area contributed by atoms with Crippen molar-refractivity contribution < 1.29 is 14.6 Å². The highest BCUT2D eigenvalue weighted by molar-refractivity contribution is 9.10. The molecule has 0 fully saturated rings. The topological polar surface area (TPSA) is 93.8 Å². The maximum atomic E-state index is 12.8. The van der Waals surface area contributed by atoms with E-state index in [9.17, 15) is 9.59 Å². The first-order valence-corrected chi connectivity index (χ1v) is 9.77. The van der Waals surface area contributed by atoms with Crippen LogP contribution in [0.25, 0.3) is 10.9 Å². The second-order valence-electron chi connectivity index (χ2n) is 5.96. The van der Waals surface area contributed by atoms with Crippen LogP contribution in [0.3, 0.4) is 0 Å². The molecule has 7 nitrogen and oxygen atoms in total. The molecule has 0 aliphatic carbocycles. The maximum Gasteiger partial charge on any atom is 0.344 e. The van der Waals surface area contributed by atoms with Crippen molar-refractivity contribution in [2.24, 2.45) is 5.10 Å². The molecule has 0 spiro atoms. The summed E-state index contributed by atoms with van der Waals surface area (Å²) in [7, 11) is 0. The number of carboxylic acid groups (broad SMARTS) is 1. The Bertz CT molecular complexity index is 1160. The predicted octanol–water partition coefficient (Wildman–Crippen LogP) is 3.96. The predicted molar refractivity (Wildman–Crippen MR) is 113 cm³/mol. The van der Waals surface area contributed by atoms with E-state index in [-0.39, 0.29) is 5.56 Å². The number of fused-ring (bicyclic) bond motifs is 1. The molecule has 0 bridgehead atoms. The number of ether oxygens (including phenoxy) is 1. The molecule has 3 aromatic rings. The number of carbonyl (C=O) groups is 1. The lowest BCUT2D eigenvalue weighted by atomic mass is 10.2. The van der Waals surface area contributed by atoms with Crippen molar-refractivity contribution in [3.05, 3.63) is 67.1 Å². The third-order valence-electron chi connectivity index (χ3n) is 3.91. The van der Waals surface area contributed by atoms with Crippen molar-refractivity contribution in [2.45, 2.75) is 20.0 Å². The van der Waals surface area contributed by atoms with Gasteiger partial charge in [0, 0.05) is 14.5 Å². The summed E-state index contributed by atoms with van der Waals surface area (Å²) in [5, 5.41) is 13.8. The van der Waals surface area contributed by atoms with E-state index in [1.54, 1.807) is 37.3 Å². The van der Waals surface area contributed by atoms with Crippen molar-refractivity contribution in [1.29, 1.82) is 0 Å². The van der Waals surface area contributed by atoms with Crippen LogP contribution in [-0.4, -0.2) is 33.1 Å². The van der Waals surface area contributed by atoms with E-state index in [0.29, 0.717) is 28.0 Å². The van der Waals surface area contributed by atoms with Crippen LogP contribution in [0.2, 0.25) is 0 Å². The largest absolute Gasteiger partial charge is 0.479 e. The Morgan fingerprint density at radius 2 is 1.93 bits per heavy atom. The van der Waals surface area contributed by atoms with E-state index in [1.165, 1.54) is 17.8 Å². The number of carboxylic acids is 1. The first-order chi connectivity index (χ1) is 13.3. The van der Waals surface area contributed by atoms with Gasteiger partial charge in [-0.1, -0.05) is 31.9 Å². The molecule has 0 unspecified atom stereocenters. The minimum absolute atomic E-state index is 0.309. The highest BCUT2D eigenvalue weighted by atomic mass is 79.9. The van der Waals surface area contributed by atoms with E-state index in [4.69, 9.17) is 9.84 Å². The zero-order valence-corrected chi connectivity index (χ0v) is 18.1. The number of nitrogens with zero attached hydrogens (tertiary/aromatic N) is 3. The Morgan fingerprint density at radius 3 is 2.64 bits per heavy atom. The fraction of sp³-hybridized carbons (Fsp3) is 0.158. The maximum absolute atomic E-state index is 12.8. The molecule has 28 heavy (non-hydrogen) atoms. The molecule has 1 heterocycles. The number of halogens is 2. The zero-order chi connectivity index (χ0) is 20.4. The van der Waals surface area contributed by atoms with Gasteiger partial charge >= 0.3 is 5.97 Å². The summed E-state index contributed by atoms with van der Waals surface area (Å²) in [5.74, 6) is -0.321. The lowest BCUT2D eigenvalue weighted by Crippen LogP contribution is -2.23. The molecule has 0 aliphatic rings. The minimum Gasteiger partial charge on any atom is -0.479 e. The number of aromatic nitrogens is 2. The molecule has 2 aromatic carbocycles. The SMILES string of the molecule is Cc1nc2ccc(Br)cc2c(=O)n1N=Cc1cc(Br)ccc1O[C@@H](C)C(=O)O. The second kappa shape index (κ2) is 8.24. The van der Waals surface area contributed by atoms with Gasteiger partial charge in [-0.25, -0.2) is 9.78 Å². The average Bonchev–Trinajstić information content (AvgIpc) is 2.64. The molecule has 0 amide bonds. The summed E-state index contributed by atoms with van der Waals surface area (Å²) in [5.41, 5.74) is 0.790. The number of rotatable bonds is 5. The average molecular weight is 509 g/mol. The minimum atomic E-state index is -1.08. The Labute approximate surface area is 176 Å².